The lowest BCUT2D eigenvalue weighted by atomic mass is 10.0. The Morgan fingerprint density at radius 2 is 2.06 bits per heavy atom. The van der Waals surface area contributed by atoms with Crippen LogP contribution >= 0.6 is 0 Å². The SMILES string of the molecule is CCC(C)(C)Nc1ccc(C(=O)NC)nn1. The molecule has 5 nitrogen and oxygen atoms in total. The number of anilines is 1. The van der Waals surface area contributed by atoms with Crippen LogP contribution in [0.5, 0.6) is 0 Å². The monoisotopic (exact) mass is 222 g/mol. The van der Waals surface area contributed by atoms with Crippen molar-refractivity contribution in [2.75, 3.05) is 12.4 Å². The second-order valence-corrected chi connectivity index (χ2v) is 4.25. The summed E-state index contributed by atoms with van der Waals surface area (Å²) in [4.78, 5) is 11.2. The van der Waals surface area contributed by atoms with Gasteiger partial charge >= 0.3 is 0 Å². The van der Waals surface area contributed by atoms with E-state index in [2.05, 4.69) is 41.6 Å². The van der Waals surface area contributed by atoms with Gasteiger partial charge in [0.25, 0.3) is 5.91 Å². The molecule has 0 radical (unpaired) electrons. The van der Waals surface area contributed by atoms with E-state index >= 15 is 0 Å². The zero-order valence-electron chi connectivity index (χ0n) is 10.2. The molecular formula is C11H18N4O. The van der Waals surface area contributed by atoms with Crippen molar-refractivity contribution < 1.29 is 4.79 Å². The molecule has 2 N–H and O–H groups in total. The van der Waals surface area contributed by atoms with Gasteiger partial charge in [0.1, 0.15) is 5.82 Å². The summed E-state index contributed by atoms with van der Waals surface area (Å²) in [6.07, 6.45) is 0.978. The molecule has 1 rings (SSSR count). The van der Waals surface area contributed by atoms with Crippen molar-refractivity contribution in [1.29, 1.82) is 0 Å². The van der Waals surface area contributed by atoms with E-state index in [9.17, 15) is 4.79 Å². The van der Waals surface area contributed by atoms with Crippen LogP contribution in [0, 0.1) is 0 Å². The molecule has 0 aromatic carbocycles. The van der Waals surface area contributed by atoms with Crippen molar-refractivity contribution in [2.24, 2.45) is 0 Å². The number of amides is 1. The van der Waals surface area contributed by atoms with Gasteiger partial charge in [-0.1, -0.05) is 6.92 Å². The quantitative estimate of drug-likeness (QED) is 0.809. The molecule has 0 spiro atoms. The first-order valence-electron chi connectivity index (χ1n) is 5.32. The minimum atomic E-state index is -0.228. The fourth-order valence-electron chi connectivity index (χ4n) is 1.08. The van der Waals surface area contributed by atoms with Crippen molar-refractivity contribution in [3.63, 3.8) is 0 Å². The summed E-state index contributed by atoms with van der Waals surface area (Å²) in [5, 5.41) is 13.5. The summed E-state index contributed by atoms with van der Waals surface area (Å²) in [6, 6.07) is 3.41. The molecule has 1 amide bonds. The Morgan fingerprint density at radius 3 is 2.50 bits per heavy atom. The molecular weight excluding hydrogens is 204 g/mol. The summed E-state index contributed by atoms with van der Waals surface area (Å²) >= 11 is 0. The average molecular weight is 222 g/mol. The van der Waals surface area contributed by atoms with Crippen molar-refractivity contribution in [3.8, 4) is 0 Å². The van der Waals surface area contributed by atoms with Gasteiger partial charge in [0, 0.05) is 12.6 Å². The molecule has 0 aliphatic heterocycles. The molecule has 0 unspecified atom stereocenters. The molecule has 1 aromatic heterocycles. The molecule has 1 aromatic rings. The van der Waals surface area contributed by atoms with E-state index in [-0.39, 0.29) is 11.4 Å². The highest BCUT2D eigenvalue weighted by molar-refractivity contribution is 5.91. The van der Waals surface area contributed by atoms with Crippen LogP contribution in [0.25, 0.3) is 0 Å². The number of carbonyl (C=O) groups excluding carboxylic acids is 1. The lowest BCUT2D eigenvalue weighted by Crippen LogP contribution is -2.30. The largest absolute Gasteiger partial charge is 0.364 e. The molecule has 88 valence electrons. The number of nitrogens with one attached hydrogen (secondary N) is 2. The predicted octanol–water partition coefficient (Wildman–Crippen LogP) is 1.44. The number of carbonyl (C=O) groups is 1. The fourth-order valence-corrected chi connectivity index (χ4v) is 1.08. The average Bonchev–Trinajstić information content (AvgIpc) is 2.28. The number of hydrogen-bond acceptors (Lipinski definition) is 4. The number of hydrogen-bond donors (Lipinski definition) is 2. The molecule has 16 heavy (non-hydrogen) atoms. The van der Waals surface area contributed by atoms with Gasteiger partial charge in [-0.3, -0.25) is 4.79 Å². The molecule has 0 bridgehead atoms. The van der Waals surface area contributed by atoms with Gasteiger partial charge in [0.2, 0.25) is 0 Å². The van der Waals surface area contributed by atoms with Crippen LogP contribution in [-0.2, 0) is 0 Å². The maximum atomic E-state index is 11.2. The van der Waals surface area contributed by atoms with E-state index < -0.39 is 0 Å². The Hall–Kier alpha value is -1.65. The third-order valence-electron chi connectivity index (χ3n) is 2.47. The van der Waals surface area contributed by atoms with Gasteiger partial charge in [-0.2, -0.15) is 0 Å². The van der Waals surface area contributed by atoms with Crippen LogP contribution < -0.4 is 10.6 Å². The zero-order chi connectivity index (χ0) is 12.2. The molecule has 5 heteroatoms. The van der Waals surface area contributed by atoms with Crippen molar-refractivity contribution in [1.82, 2.24) is 15.5 Å². The molecule has 0 aliphatic rings. The molecule has 0 fully saturated rings. The lowest BCUT2D eigenvalue weighted by molar-refractivity contribution is 0.0957. The second kappa shape index (κ2) is 4.92. The lowest BCUT2D eigenvalue weighted by Gasteiger charge is -2.24. The van der Waals surface area contributed by atoms with E-state index in [4.69, 9.17) is 0 Å². The van der Waals surface area contributed by atoms with Gasteiger partial charge in [-0.15, -0.1) is 10.2 Å². The first-order chi connectivity index (χ1) is 7.48. The summed E-state index contributed by atoms with van der Waals surface area (Å²) in [5.74, 6) is 0.452. The minimum Gasteiger partial charge on any atom is -0.364 e. The van der Waals surface area contributed by atoms with E-state index in [0.717, 1.165) is 6.42 Å². The van der Waals surface area contributed by atoms with E-state index in [1.807, 2.05) is 0 Å². The van der Waals surface area contributed by atoms with Crippen LogP contribution in [0.4, 0.5) is 5.82 Å². The fraction of sp³-hybridized carbons (Fsp3) is 0.545. The predicted molar refractivity (Wildman–Crippen MR) is 63.4 cm³/mol. The Balaban J connectivity index is 2.76. The highest BCUT2D eigenvalue weighted by Gasteiger charge is 2.15. The first kappa shape index (κ1) is 12.4. The number of aromatic nitrogens is 2. The van der Waals surface area contributed by atoms with Gasteiger partial charge < -0.3 is 10.6 Å². The van der Waals surface area contributed by atoms with E-state index in [1.165, 1.54) is 0 Å². The van der Waals surface area contributed by atoms with Gasteiger partial charge in [-0.25, -0.2) is 0 Å². The standard InChI is InChI=1S/C11H18N4O/c1-5-11(2,3)13-9-7-6-8(14-15-9)10(16)12-4/h6-7H,5H2,1-4H3,(H,12,16)(H,13,15). The molecule has 0 atom stereocenters. The highest BCUT2D eigenvalue weighted by Crippen LogP contribution is 2.14. The van der Waals surface area contributed by atoms with E-state index in [0.29, 0.717) is 11.5 Å². The summed E-state index contributed by atoms with van der Waals surface area (Å²) in [6.45, 7) is 6.27. The maximum absolute atomic E-state index is 11.2. The third-order valence-corrected chi connectivity index (χ3v) is 2.47. The molecule has 0 saturated heterocycles. The molecule has 1 heterocycles. The minimum absolute atomic E-state index is 0.0246. The topological polar surface area (TPSA) is 66.9 Å². The zero-order valence-corrected chi connectivity index (χ0v) is 10.2. The number of nitrogens with zero attached hydrogens (tertiary/aromatic N) is 2. The normalized spacial score (nSPS) is 11.0. The Kier molecular flexibility index (Phi) is 3.82. The first-order valence-corrected chi connectivity index (χ1v) is 5.32. The third kappa shape index (κ3) is 3.18. The Bertz CT molecular complexity index is 359. The Morgan fingerprint density at radius 1 is 1.38 bits per heavy atom. The van der Waals surface area contributed by atoms with Crippen LogP contribution in [-0.4, -0.2) is 28.7 Å². The van der Waals surface area contributed by atoms with Crippen LogP contribution in [0.15, 0.2) is 12.1 Å². The highest BCUT2D eigenvalue weighted by atomic mass is 16.1. The molecule has 0 aliphatic carbocycles. The van der Waals surface area contributed by atoms with Crippen molar-refractivity contribution in [3.05, 3.63) is 17.8 Å². The summed E-state index contributed by atoms with van der Waals surface area (Å²) in [5.41, 5.74) is 0.297. The van der Waals surface area contributed by atoms with Crippen molar-refractivity contribution >= 4 is 11.7 Å². The van der Waals surface area contributed by atoms with Gasteiger partial charge in [-0.05, 0) is 32.4 Å². The Labute approximate surface area is 95.7 Å². The maximum Gasteiger partial charge on any atom is 0.271 e. The van der Waals surface area contributed by atoms with Gasteiger partial charge in [0.05, 0.1) is 0 Å². The number of rotatable bonds is 4. The smallest absolute Gasteiger partial charge is 0.271 e. The van der Waals surface area contributed by atoms with E-state index in [1.54, 1.807) is 19.2 Å². The van der Waals surface area contributed by atoms with Crippen molar-refractivity contribution in [2.45, 2.75) is 32.7 Å². The van der Waals surface area contributed by atoms with Gasteiger partial charge in [0.15, 0.2) is 5.69 Å². The van der Waals surface area contributed by atoms with Crippen LogP contribution in [0.3, 0.4) is 0 Å². The van der Waals surface area contributed by atoms with Crippen LogP contribution in [0.2, 0.25) is 0 Å². The molecule has 0 saturated carbocycles. The second-order valence-electron chi connectivity index (χ2n) is 4.25. The summed E-state index contributed by atoms with van der Waals surface area (Å²) < 4.78 is 0. The van der Waals surface area contributed by atoms with Crippen LogP contribution in [0.1, 0.15) is 37.7 Å². The summed E-state index contributed by atoms with van der Waals surface area (Å²) in [7, 11) is 1.57.